The van der Waals surface area contributed by atoms with E-state index in [1.54, 1.807) is 0 Å². The second-order valence-electron chi connectivity index (χ2n) is 8.87. The third-order valence-electron chi connectivity index (χ3n) is 5.47. The molecule has 0 aliphatic rings. The van der Waals surface area contributed by atoms with Crippen LogP contribution in [0.5, 0.6) is 0 Å². The maximum absolute atomic E-state index is 11.7. The molecule has 0 aromatic carbocycles. The molecule has 2 N–H and O–H groups in total. The van der Waals surface area contributed by atoms with Gasteiger partial charge in [-0.15, -0.1) is 0 Å². The average Bonchev–Trinajstić information content (AvgIpc) is 2.92. The Balaban J connectivity index is 3.11. The Morgan fingerprint density at radius 2 is 0.763 bits per heavy atom. The first-order valence-corrected chi connectivity index (χ1v) is 14.7. The SMILES string of the molecule is CCCCCCCCCCCC(=O)OCCOCCOCCOCCOCCOCCOCCOCCN. The van der Waals surface area contributed by atoms with Crippen LogP contribution in [0.25, 0.3) is 0 Å². The van der Waals surface area contributed by atoms with Crippen molar-refractivity contribution >= 4 is 5.97 Å². The molecule has 0 bridgehead atoms. The van der Waals surface area contributed by atoms with Gasteiger partial charge < -0.3 is 43.6 Å². The van der Waals surface area contributed by atoms with Crippen molar-refractivity contribution in [2.75, 3.05) is 106 Å². The third kappa shape index (κ3) is 33.2. The van der Waals surface area contributed by atoms with E-state index in [0.717, 1.165) is 12.8 Å². The van der Waals surface area contributed by atoms with Gasteiger partial charge >= 0.3 is 5.97 Å². The van der Waals surface area contributed by atoms with Crippen LogP contribution < -0.4 is 5.73 Å². The summed E-state index contributed by atoms with van der Waals surface area (Å²) >= 11 is 0. The van der Waals surface area contributed by atoms with Crippen LogP contribution in [0.4, 0.5) is 0 Å². The molecule has 0 atom stereocenters. The zero-order chi connectivity index (χ0) is 27.6. The van der Waals surface area contributed by atoms with Crippen LogP contribution in [-0.2, 0) is 42.7 Å². The molecule has 0 saturated carbocycles. The van der Waals surface area contributed by atoms with Crippen LogP contribution >= 0.6 is 0 Å². The number of carbonyl (C=O) groups is 1. The maximum atomic E-state index is 11.7. The number of esters is 1. The van der Waals surface area contributed by atoms with Crippen LogP contribution in [0.2, 0.25) is 0 Å². The van der Waals surface area contributed by atoms with Gasteiger partial charge in [0, 0.05) is 13.0 Å². The van der Waals surface area contributed by atoms with Crippen molar-refractivity contribution in [3.63, 3.8) is 0 Å². The monoisotopic (exact) mass is 551 g/mol. The summed E-state index contributed by atoms with van der Waals surface area (Å²) in [6.45, 7) is 10.2. The van der Waals surface area contributed by atoms with E-state index in [4.69, 9.17) is 43.6 Å². The quantitative estimate of drug-likeness (QED) is 0.0959. The van der Waals surface area contributed by atoms with Crippen molar-refractivity contribution in [3.8, 4) is 0 Å². The Morgan fingerprint density at radius 3 is 1.13 bits per heavy atom. The molecular weight excluding hydrogens is 494 g/mol. The van der Waals surface area contributed by atoms with Crippen LogP contribution in [0.15, 0.2) is 0 Å². The molecule has 0 aliphatic carbocycles. The van der Waals surface area contributed by atoms with Gasteiger partial charge in [-0.2, -0.15) is 0 Å². The fourth-order valence-corrected chi connectivity index (χ4v) is 3.37. The fourth-order valence-electron chi connectivity index (χ4n) is 3.37. The molecule has 0 radical (unpaired) electrons. The van der Waals surface area contributed by atoms with Crippen molar-refractivity contribution in [2.24, 2.45) is 5.73 Å². The highest BCUT2D eigenvalue weighted by molar-refractivity contribution is 5.69. The molecule has 0 heterocycles. The average molecular weight is 552 g/mol. The molecule has 10 nitrogen and oxygen atoms in total. The Kier molecular flexibility index (Phi) is 33.4. The molecule has 0 spiro atoms. The van der Waals surface area contributed by atoms with E-state index in [0.29, 0.717) is 112 Å². The first-order chi connectivity index (χ1) is 18.8. The number of carbonyl (C=O) groups excluding carboxylic acids is 1. The standard InChI is InChI=1S/C28H57NO9/c1-2-3-4-5-6-7-8-9-10-11-28(30)38-27-26-37-25-24-36-23-22-35-21-20-34-19-18-33-17-16-32-15-14-31-13-12-29/h2-27,29H2,1H3. The van der Waals surface area contributed by atoms with E-state index in [1.807, 2.05) is 0 Å². The first-order valence-electron chi connectivity index (χ1n) is 14.7. The lowest BCUT2D eigenvalue weighted by Crippen LogP contribution is -2.15. The fraction of sp³-hybridized carbons (Fsp3) is 0.964. The normalized spacial score (nSPS) is 11.3. The summed E-state index contributed by atoms with van der Waals surface area (Å²) in [6, 6.07) is 0. The Bertz CT molecular complexity index is 458. The van der Waals surface area contributed by atoms with Crippen molar-refractivity contribution in [3.05, 3.63) is 0 Å². The maximum Gasteiger partial charge on any atom is 0.305 e. The van der Waals surface area contributed by atoms with Gasteiger partial charge in [-0.3, -0.25) is 4.79 Å². The summed E-state index contributed by atoms with van der Waals surface area (Å²) in [4.78, 5) is 11.7. The largest absolute Gasteiger partial charge is 0.463 e. The lowest BCUT2D eigenvalue weighted by atomic mass is 10.1. The highest BCUT2D eigenvalue weighted by atomic mass is 16.6. The minimum atomic E-state index is -0.132. The Hall–Kier alpha value is -0.850. The number of rotatable bonds is 33. The van der Waals surface area contributed by atoms with Crippen LogP contribution in [0, 0.1) is 0 Å². The second-order valence-corrected chi connectivity index (χ2v) is 8.87. The van der Waals surface area contributed by atoms with Gasteiger partial charge in [0.2, 0.25) is 0 Å². The number of hydrogen-bond acceptors (Lipinski definition) is 10. The van der Waals surface area contributed by atoms with Crippen LogP contribution in [0.3, 0.4) is 0 Å². The molecule has 0 saturated heterocycles. The van der Waals surface area contributed by atoms with E-state index in [-0.39, 0.29) is 5.97 Å². The topological polar surface area (TPSA) is 117 Å². The number of unbranched alkanes of at least 4 members (excludes halogenated alkanes) is 8. The lowest BCUT2D eigenvalue weighted by Gasteiger charge is -2.08. The van der Waals surface area contributed by atoms with Gasteiger partial charge in [0.05, 0.1) is 92.5 Å². The van der Waals surface area contributed by atoms with E-state index in [9.17, 15) is 4.79 Å². The molecule has 228 valence electrons. The van der Waals surface area contributed by atoms with E-state index >= 15 is 0 Å². The molecule has 0 rings (SSSR count). The zero-order valence-corrected chi connectivity index (χ0v) is 24.1. The molecule has 0 fully saturated rings. The molecule has 0 unspecified atom stereocenters. The Morgan fingerprint density at radius 1 is 0.447 bits per heavy atom. The van der Waals surface area contributed by atoms with Gasteiger partial charge in [-0.05, 0) is 6.42 Å². The molecule has 0 aliphatic heterocycles. The summed E-state index contributed by atoms with van der Waals surface area (Å²) < 4.78 is 42.9. The second kappa shape index (κ2) is 34.2. The summed E-state index contributed by atoms with van der Waals surface area (Å²) in [5.41, 5.74) is 5.32. The minimum Gasteiger partial charge on any atom is -0.463 e. The first kappa shape index (κ1) is 37.1. The van der Waals surface area contributed by atoms with E-state index in [2.05, 4.69) is 6.92 Å². The molecule has 0 aromatic rings. The van der Waals surface area contributed by atoms with E-state index < -0.39 is 0 Å². The predicted molar refractivity (Wildman–Crippen MR) is 148 cm³/mol. The summed E-state index contributed by atoms with van der Waals surface area (Å²) in [5, 5.41) is 0. The molecular formula is C28H57NO9. The van der Waals surface area contributed by atoms with Crippen molar-refractivity contribution in [1.82, 2.24) is 0 Å². The van der Waals surface area contributed by atoms with Crippen LogP contribution in [0.1, 0.15) is 71.1 Å². The van der Waals surface area contributed by atoms with Crippen molar-refractivity contribution in [1.29, 1.82) is 0 Å². The lowest BCUT2D eigenvalue weighted by molar-refractivity contribution is -0.145. The van der Waals surface area contributed by atoms with Gasteiger partial charge in [0.1, 0.15) is 6.61 Å². The van der Waals surface area contributed by atoms with Gasteiger partial charge in [-0.1, -0.05) is 58.3 Å². The van der Waals surface area contributed by atoms with Crippen molar-refractivity contribution < 1.29 is 42.7 Å². The summed E-state index contributed by atoms with van der Waals surface area (Å²) in [6.07, 6.45) is 11.6. The number of nitrogens with two attached hydrogens (primary N) is 1. The third-order valence-corrected chi connectivity index (χ3v) is 5.47. The van der Waals surface area contributed by atoms with E-state index in [1.165, 1.54) is 44.9 Å². The molecule has 10 heteroatoms. The Labute approximate surface area is 231 Å². The smallest absolute Gasteiger partial charge is 0.305 e. The van der Waals surface area contributed by atoms with Crippen molar-refractivity contribution in [2.45, 2.75) is 71.1 Å². The molecule has 0 aromatic heterocycles. The van der Waals surface area contributed by atoms with Gasteiger partial charge in [0.25, 0.3) is 0 Å². The number of hydrogen-bond donors (Lipinski definition) is 1. The molecule has 38 heavy (non-hydrogen) atoms. The number of ether oxygens (including phenoxy) is 8. The molecule has 0 amide bonds. The van der Waals surface area contributed by atoms with Gasteiger partial charge in [-0.25, -0.2) is 0 Å². The minimum absolute atomic E-state index is 0.132. The highest BCUT2D eigenvalue weighted by Gasteiger charge is 2.02. The summed E-state index contributed by atoms with van der Waals surface area (Å²) in [7, 11) is 0. The van der Waals surface area contributed by atoms with Gasteiger partial charge in [0.15, 0.2) is 0 Å². The van der Waals surface area contributed by atoms with Crippen LogP contribution in [-0.4, -0.2) is 112 Å². The predicted octanol–water partition coefficient (Wildman–Crippen LogP) is 3.53. The highest BCUT2D eigenvalue weighted by Crippen LogP contribution is 2.10. The zero-order valence-electron chi connectivity index (χ0n) is 24.1. The summed E-state index contributed by atoms with van der Waals surface area (Å²) in [5.74, 6) is -0.132.